The van der Waals surface area contributed by atoms with Crippen molar-refractivity contribution in [2.24, 2.45) is 0 Å². The molecule has 0 amide bonds. The molecule has 0 bridgehead atoms. The third-order valence-electron chi connectivity index (χ3n) is 3.98. The average Bonchev–Trinajstić information content (AvgIpc) is 3.10. The molecule has 2 fully saturated rings. The first kappa shape index (κ1) is 13.5. The summed E-state index contributed by atoms with van der Waals surface area (Å²) in [6, 6.07) is 3.91. The molecule has 2 aromatic heterocycles. The standard InChI is InChI=1S/C15H17N3OS2/c1-2-12(7-16-3-1)19-13-6-15(21-9-13)10-18(11-15)8-14-17-4-5-20-14/h1-5,7,13H,6,8-11H2. The summed E-state index contributed by atoms with van der Waals surface area (Å²) in [5, 5.41) is 3.27. The van der Waals surface area contributed by atoms with Crippen LogP contribution in [0.4, 0.5) is 0 Å². The SMILES string of the molecule is c1cncc(OC2CSC3(C2)CN(Cc2nccs2)C3)c1. The molecular weight excluding hydrogens is 302 g/mol. The first-order valence-electron chi connectivity index (χ1n) is 7.13. The number of aromatic nitrogens is 2. The van der Waals surface area contributed by atoms with Gasteiger partial charge in [0.2, 0.25) is 0 Å². The average molecular weight is 319 g/mol. The van der Waals surface area contributed by atoms with Gasteiger partial charge in [0.25, 0.3) is 0 Å². The number of pyridine rings is 1. The molecule has 0 radical (unpaired) electrons. The van der Waals surface area contributed by atoms with E-state index in [0.717, 1.165) is 37.6 Å². The van der Waals surface area contributed by atoms with Crippen molar-refractivity contribution in [3.63, 3.8) is 0 Å². The number of hydrogen-bond acceptors (Lipinski definition) is 6. The minimum Gasteiger partial charge on any atom is -0.488 e. The van der Waals surface area contributed by atoms with Crippen LogP contribution in [0, 0.1) is 0 Å². The first-order chi connectivity index (χ1) is 10.3. The van der Waals surface area contributed by atoms with Gasteiger partial charge in [-0.05, 0) is 12.1 Å². The Balaban J connectivity index is 1.29. The number of hydrogen-bond donors (Lipinski definition) is 0. The Bertz CT molecular complexity index is 584. The van der Waals surface area contributed by atoms with Crippen molar-refractivity contribution in [3.05, 3.63) is 41.1 Å². The van der Waals surface area contributed by atoms with Crippen molar-refractivity contribution < 1.29 is 4.74 Å². The molecule has 1 atom stereocenters. The van der Waals surface area contributed by atoms with Gasteiger partial charge in [0.15, 0.2) is 0 Å². The van der Waals surface area contributed by atoms with E-state index < -0.39 is 0 Å². The van der Waals surface area contributed by atoms with Crippen LogP contribution < -0.4 is 4.74 Å². The van der Waals surface area contributed by atoms with E-state index in [9.17, 15) is 0 Å². The zero-order valence-corrected chi connectivity index (χ0v) is 13.3. The number of thiazole rings is 1. The molecular formula is C15H17N3OS2. The van der Waals surface area contributed by atoms with Gasteiger partial charge in [-0.25, -0.2) is 4.98 Å². The summed E-state index contributed by atoms with van der Waals surface area (Å²) in [5.41, 5.74) is 0. The van der Waals surface area contributed by atoms with Gasteiger partial charge in [-0.1, -0.05) is 0 Å². The molecule has 2 aliphatic heterocycles. The second-order valence-electron chi connectivity index (χ2n) is 5.70. The van der Waals surface area contributed by atoms with Gasteiger partial charge in [-0.2, -0.15) is 0 Å². The maximum atomic E-state index is 6.04. The predicted molar refractivity (Wildman–Crippen MR) is 85.9 cm³/mol. The number of thioether (sulfide) groups is 1. The largest absolute Gasteiger partial charge is 0.488 e. The van der Waals surface area contributed by atoms with Gasteiger partial charge < -0.3 is 4.74 Å². The molecule has 4 nitrogen and oxygen atoms in total. The molecule has 1 unspecified atom stereocenters. The van der Waals surface area contributed by atoms with Gasteiger partial charge >= 0.3 is 0 Å². The minimum atomic E-state index is 0.321. The lowest BCUT2D eigenvalue weighted by Gasteiger charge is -2.47. The fourth-order valence-corrected chi connectivity index (χ4v) is 5.35. The van der Waals surface area contributed by atoms with Crippen LogP contribution in [0.5, 0.6) is 5.75 Å². The number of nitrogens with zero attached hydrogens (tertiary/aromatic N) is 3. The molecule has 110 valence electrons. The third kappa shape index (κ3) is 2.93. The molecule has 2 aromatic rings. The van der Waals surface area contributed by atoms with Crippen molar-refractivity contribution in [3.8, 4) is 5.75 Å². The molecule has 2 saturated heterocycles. The van der Waals surface area contributed by atoms with Crippen LogP contribution in [-0.4, -0.2) is 44.6 Å². The lowest BCUT2D eigenvalue weighted by Crippen LogP contribution is -2.58. The van der Waals surface area contributed by atoms with Gasteiger partial charge in [0.05, 0.1) is 12.7 Å². The maximum Gasteiger partial charge on any atom is 0.138 e. The third-order valence-corrected chi connectivity index (χ3v) is 6.32. The zero-order valence-electron chi connectivity index (χ0n) is 11.6. The van der Waals surface area contributed by atoms with Crippen molar-refractivity contribution >= 4 is 23.1 Å². The van der Waals surface area contributed by atoms with Crippen molar-refractivity contribution in [2.45, 2.75) is 23.8 Å². The molecule has 4 rings (SSSR count). The molecule has 0 saturated carbocycles. The van der Waals surface area contributed by atoms with Crippen LogP contribution in [0.15, 0.2) is 36.1 Å². The van der Waals surface area contributed by atoms with Gasteiger partial charge in [-0.15, -0.1) is 23.1 Å². The fourth-order valence-electron chi connectivity index (χ4n) is 3.11. The summed E-state index contributed by atoms with van der Waals surface area (Å²) in [5.74, 6) is 1.97. The summed E-state index contributed by atoms with van der Waals surface area (Å²) in [6.07, 6.45) is 6.92. The lowest BCUT2D eigenvalue weighted by atomic mass is 9.93. The summed E-state index contributed by atoms with van der Waals surface area (Å²) < 4.78 is 6.44. The highest BCUT2D eigenvalue weighted by molar-refractivity contribution is 8.01. The summed E-state index contributed by atoms with van der Waals surface area (Å²) in [7, 11) is 0. The van der Waals surface area contributed by atoms with E-state index in [1.165, 1.54) is 5.01 Å². The highest BCUT2D eigenvalue weighted by Crippen LogP contribution is 2.46. The topological polar surface area (TPSA) is 38.2 Å². The number of likely N-dealkylation sites (tertiary alicyclic amines) is 1. The molecule has 6 heteroatoms. The van der Waals surface area contributed by atoms with Crippen molar-refractivity contribution in [1.29, 1.82) is 0 Å². The summed E-state index contributed by atoms with van der Waals surface area (Å²) in [6.45, 7) is 3.31. The Kier molecular flexibility index (Phi) is 3.61. The van der Waals surface area contributed by atoms with Crippen LogP contribution in [0.1, 0.15) is 11.4 Å². The fraction of sp³-hybridized carbons (Fsp3) is 0.467. The maximum absolute atomic E-state index is 6.04. The lowest BCUT2D eigenvalue weighted by molar-refractivity contribution is 0.0919. The quantitative estimate of drug-likeness (QED) is 0.866. The predicted octanol–water partition coefficient (Wildman–Crippen LogP) is 2.68. The molecule has 0 aliphatic carbocycles. The second-order valence-corrected chi connectivity index (χ2v) is 8.16. The normalized spacial score (nSPS) is 24.1. The van der Waals surface area contributed by atoms with Gasteiger partial charge in [0.1, 0.15) is 16.9 Å². The van der Waals surface area contributed by atoms with Gasteiger partial charge in [-0.3, -0.25) is 9.88 Å². The molecule has 21 heavy (non-hydrogen) atoms. The molecule has 1 spiro atoms. The van der Waals surface area contributed by atoms with Crippen LogP contribution in [-0.2, 0) is 6.54 Å². The highest BCUT2D eigenvalue weighted by atomic mass is 32.2. The van der Waals surface area contributed by atoms with E-state index in [4.69, 9.17) is 4.74 Å². The Morgan fingerprint density at radius 3 is 3.10 bits per heavy atom. The molecule has 4 heterocycles. The zero-order chi connectivity index (χ0) is 14.1. The first-order valence-corrected chi connectivity index (χ1v) is 8.99. The van der Waals surface area contributed by atoms with E-state index in [0.29, 0.717) is 10.9 Å². The molecule has 2 aliphatic rings. The second kappa shape index (κ2) is 5.59. The van der Waals surface area contributed by atoms with E-state index in [2.05, 4.69) is 26.6 Å². The van der Waals surface area contributed by atoms with Crippen LogP contribution >= 0.6 is 23.1 Å². The van der Waals surface area contributed by atoms with Crippen LogP contribution in [0.25, 0.3) is 0 Å². The van der Waals surface area contributed by atoms with E-state index >= 15 is 0 Å². The van der Waals surface area contributed by atoms with E-state index in [-0.39, 0.29) is 0 Å². The Hall–Kier alpha value is -1.11. The van der Waals surface area contributed by atoms with Crippen LogP contribution in [0.2, 0.25) is 0 Å². The summed E-state index contributed by atoms with van der Waals surface area (Å²) >= 11 is 3.81. The van der Waals surface area contributed by atoms with Crippen molar-refractivity contribution in [2.75, 3.05) is 18.8 Å². The summed E-state index contributed by atoms with van der Waals surface area (Å²) in [4.78, 5) is 11.0. The molecule has 0 aromatic carbocycles. The Morgan fingerprint density at radius 1 is 1.38 bits per heavy atom. The Morgan fingerprint density at radius 2 is 2.33 bits per heavy atom. The number of ether oxygens (including phenoxy) is 1. The monoisotopic (exact) mass is 319 g/mol. The smallest absolute Gasteiger partial charge is 0.138 e. The van der Waals surface area contributed by atoms with E-state index in [1.807, 2.05) is 23.7 Å². The molecule has 0 N–H and O–H groups in total. The Labute approximate surface area is 132 Å². The van der Waals surface area contributed by atoms with Crippen LogP contribution in [0.3, 0.4) is 0 Å². The van der Waals surface area contributed by atoms with E-state index in [1.54, 1.807) is 23.7 Å². The van der Waals surface area contributed by atoms with Gasteiger partial charge in [0, 0.05) is 47.8 Å². The highest BCUT2D eigenvalue weighted by Gasteiger charge is 2.49. The minimum absolute atomic E-state index is 0.321. The van der Waals surface area contributed by atoms with Crippen molar-refractivity contribution in [1.82, 2.24) is 14.9 Å². The number of rotatable bonds is 4.